The Morgan fingerprint density at radius 3 is 2.50 bits per heavy atom. The highest BCUT2D eigenvalue weighted by Gasteiger charge is 2.42. The third kappa shape index (κ3) is 3.15. The van der Waals surface area contributed by atoms with Gasteiger partial charge in [0.1, 0.15) is 0 Å². The third-order valence-electron chi connectivity index (χ3n) is 5.79. The number of hydrogen-bond acceptors (Lipinski definition) is 2. The molecule has 0 bridgehead atoms. The molecule has 0 aliphatic carbocycles. The molecule has 1 saturated heterocycles. The van der Waals surface area contributed by atoms with Gasteiger partial charge in [-0.1, -0.05) is 36.4 Å². The first-order chi connectivity index (χ1) is 14.6. The summed E-state index contributed by atoms with van der Waals surface area (Å²) in [6, 6.07) is 25.7. The van der Waals surface area contributed by atoms with Crippen LogP contribution in [0.15, 0.2) is 85.2 Å². The first kappa shape index (κ1) is 18.8. The van der Waals surface area contributed by atoms with Gasteiger partial charge in [-0.05, 0) is 73.2 Å². The van der Waals surface area contributed by atoms with Gasteiger partial charge in [0.2, 0.25) is 0 Å². The van der Waals surface area contributed by atoms with Crippen molar-refractivity contribution in [1.29, 1.82) is 0 Å². The van der Waals surface area contributed by atoms with Gasteiger partial charge < -0.3 is 14.8 Å². The lowest BCUT2D eigenvalue weighted by atomic mass is 10.00. The molecule has 5 rings (SSSR count). The first-order valence-corrected chi connectivity index (χ1v) is 10.7. The van der Waals surface area contributed by atoms with Crippen LogP contribution in [0.3, 0.4) is 0 Å². The van der Waals surface area contributed by atoms with E-state index in [1.165, 1.54) is 16.5 Å². The molecule has 1 fully saturated rings. The first-order valence-electron chi connectivity index (χ1n) is 10.3. The molecule has 0 saturated carbocycles. The van der Waals surface area contributed by atoms with Gasteiger partial charge in [-0.3, -0.25) is 4.98 Å². The predicted molar refractivity (Wildman–Crippen MR) is 126 cm³/mol. The summed E-state index contributed by atoms with van der Waals surface area (Å²) >= 11 is 5.75. The lowest BCUT2D eigenvalue weighted by Crippen LogP contribution is -2.36. The molecule has 0 unspecified atom stereocenters. The minimum Gasteiger partial charge on any atom is -0.352 e. The highest BCUT2D eigenvalue weighted by Crippen LogP contribution is 2.40. The number of aromatic nitrogens is 2. The molecule has 2 atom stereocenters. The van der Waals surface area contributed by atoms with Gasteiger partial charge in [-0.2, -0.15) is 0 Å². The second kappa shape index (κ2) is 7.58. The molecule has 30 heavy (non-hydrogen) atoms. The summed E-state index contributed by atoms with van der Waals surface area (Å²) in [5.41, 5.74) is 3.34. The molecule has 150 valence electrons. The van der Waals surface area contributed by atoms with Crippen molar-refractivity contribution in [2.45, 2.75) is 32.0 Å². The van der Waals surface area contributed by atoms with E-state index < -0.39 is 0 Å². The van der Waals surface area contributed by atoms with E-state index in [0.717, 1.165) is 16.5 Å². The highest BCUT2D eigenvalue weighted by atomic mass is 32.1. The lowest BCUT2D eigenvalue weighted by molar-refractivity contribution is 0.262. The number of nitrogens with zero attached hydrogens (tertiary/aromatic N) is 3. The van der Waals surface area contributed by atoms with Gasteiger partial charge in [0.05, 0.1) is 17.8 Å². The topological polar surface area (TPSA) is 33.1 Å². The Kier molecular flexibility index (Phi) is 4.75. The molecule has 4 aromatic rings. The van der Waals surface area contributed by atoms with Crippen LogP contribution in [0.1, 0.15) is 37.3 Å². The Labute approximate surface area is 182 Å². The number of nitrogens with one attached hydrogen (secondary N) is 1. The Morgan fingerprint density at radius 1 is 0.933 bits per heavy atom. The van der Waals surface area contributed by atoms with Crippen molar-refractivity contribution >= 4 is 28.1 Å². The highest BCUT2D eigenvalue weighted by molar-refractivity contribution is 7.80. The monoisotopic (exact) mass is 412 g/mol. The minimum atomic E-state index is -0.00444. The van der Waals surface area contributed by atoms with E-state index in [0.29, 0.717) is 0 Å². The number of rotatable bonds is 4. The van der Waals surface area contributed by atoms with Crippen molar-refractivity contribution in [3.8, 4) is 5.69 Å². The van der Waals surface area contributed by atoms with Gasteiger partial charge in [0, 0.05) is 29.8 Å². The third-order valence-corrected chi connectivity index (χ3v) is 6.11. The molecule has 3 heterocycles. The number of pyridine rings is 1. The molecule has 0 radical (unpaired) electrons. The van der Waals surface area contributed by atoms with Crippen molar-refractivity contribution in [2.75, 3.05) is 0 Å². The van der Waals surface area contributed by atoms with Gasteiger partial charge >= 0.3 is 0 Å². The van der Waals surface area contributed by atoms with Crippen LogP contribution in [0.5, 0.6) is 0 Å². The summed E-state index contributed by atoms with van der Waals surface area (Å²) in [7, 11) is 0. The van der Waals surface area contributed by atoms with Crippen LogP contribution >= 0.6 is 12.2 Å². The minimum absolute atomic E-state index is 0.00444. The number of thiocarbonyl (C=S) groups is 1. The Morgan fingerprint density at radius 2 is 1.73 bits per heavy atom. The van der Waals surface area contributed by atoms with Crippen LogP contribution in [-0.4, -0.2) is 25.6 Å². The fourth-order valence-electron chi connectivity index (χ4n) is 4.43. The lowest BCUT2D eigenvalue weighted by Gasteiger charge is -2.31. The summed E-state index contributed by atoms with van der Waals surface area (Å²) < 4.78 is 2.28. The molecule has 1 aliphatic heterocycles. The van der Waals surface area contributed by atoms with E-state index in [1.807, 2.05) is 18.3 Å². The summed E-state index contributed by atoms with van der Waals surface area (Å²) in [6.07, 6.45) is 3.98. The van der Waals surface area contributed by atoms with E-state index in [4.69, 9.17) is 12.2 Å². The molecule has 0 amide bonds. The smallest absolute Gasteiger partial charge is 0.170 e. The van der Waals surface area contributed by atoms with Gasteiger partial charge in [0.15, 0.2) is 5.11 Å². The van der Waals surface area contributed by atoms with Crippen molar-refractivity contribution in [1.82, 2.24) is 19.8 Å². The second-order valence-electron chi connectivity index (χ2n) is 7.96. The molecule has 2 aromatic heterocycles. The summed E-state index contributed by atoms with van der Waals surface area (Å²) in [5.74, 6) is 0. The standard InChI is InChI=1S/C25H24N4S/c1-17(2)29-24(23(27-25(29)30)21-10-5-6-14-26-21)22-11-7-15-28(22)20-13-12-18-8-3-4-9-19(18)16-20/h3-17,23-24H,1-2H3,(H,27,30)/t23-,24+/m0/s1. The maximum Gasteiger partial charge on any atom is 0.170 e. The zero-order valence-corrected chi connectivity index (χ0v) is 17.9. The molecule has 1 N–H and O–H groups in total. The largest absolute Gasteiger partial charge is 0.352 e. The van der Waals surface area contributed by atoms with Gasteiger partial charge in [0.25, 0.3) is 0 Å². The predicted octanol–water partition coefficient (Wildman–Crippen LogP) is 5.41. The Bertz CT molecular complexity index is 1200. The van der Waals surface area contributed by atoms with E-state index in [2.05, 4.69) is 100 Å². The van der Waals surface area contributed by atoms with Crippen LogP contribution in [0.25, 0.3) is 16.5 Å². The molecule has 5 heteroatoms. The van der Waals surface area contributed by atoms with Crippen molar-refractivity contribution < 1.29 is 0 Å². The summed E-state index contributed by atoms with van der Waals surface area (Å²) in [4.78, 5) is 6.93. The fraction of sp³-hybridized carbons (Fsp3) is 0.200. The molecule has 2 aromatic carbocycles. The van der Waals surface area contributed by atoms with E-state index in [1.54, 1.807) is 0 Å². The average molecular weight is 413 g/mol. The molecule has 1 aliphatic rings. The number of fused-ring (bicyclic) bond motifs is 1. The number of hydrogen-bond donors (Lipinski definition) is 1. The van der Waals surface area contributed by atoms with Crippen molar-refractivity contribution in [2.24, 2.45) is 0 Å². The normalized spacial score (nSPS) is 18.9. The zero-order valence-electron chi connectivity index (χ0n) is 17.1. The molecule has 0 spiro atoms. The van der Waals surface area contributed by atoms with E-state index in [9.17, 15) is 0 Å². The molecular formula is C25H24N4S. The molecular weight excluding hydrogens is 388 g/mol. The Balaban J connectivity index is 1.64. The maximum atomic E-state index is 5.75. The Hall–Kier alpha value is -3.18. The zero-order chi connectivity index (χ0) is 20.7. The quantitative estimate of drug-likeness (QED) is 0.455. The number of benzene rings is 2. The second-order valence-corrected chi connectivity index (χ2v) is 8.35. The average Bonchev–Trinajstić information content (AvgIpc) is 3.38. The maximum absolute atomic E-state index is 5.75. The SMILES string of the molecule is CC(C)N1C(=S)N[C@@H](c2ccccn2)[C@H]1c1cccn1-c1ccc2ccccc2c1. The van der Waals surface area contributed by atoms with Crippen LogP contribution in [0, 0.1) is 0 Å². The van der Waals surface area contributed by atoms with Crippen LogP contribution in [0.4, 0.5) is 0 Å². The molecule has 4 nitrogen and oxygen atoms in total. The van der Waals surface area contributed by atoms with Crippen molar-refractivity contribution in [3.05, 3.63) is 96.6 Å². The van der Waals surface area contributed by atoms with E-state index in [-0.39, 0.29) is 18.1 Å². The van der Waals surface area contributed by atoms with Crippen molar-refractivity contribution in [3.63, 3.8) is 0 Å². The van der Waals surface area contributed by atoms with Crippen LogP contribution in [-0.2, 0) is 0 Å². The summed E-state index contributed by atoms with van der Waals surface area (Å²) in [5, 5.41) is 6.78. The van der Waals surface area contributed by atoms with Gasteiger partial charge in [-0.15, -0.1) is 0 Å². The van der Waals surface area contributed by atoms with Crippen LogP contribution < -0.4 is 5.32 Å². The van der Waals surface area contributed by atoms with Crippen LogP contribution in [0.2, 0.25) is 0 Å². The summed E-state index contributed by atoms with van der Waals surface area (Å²) in [6.45, 7) is 4.37. The van der Waals surface area contributed by atoms with Gasteiger partial charge in [-0.25, -0.2) is 0 Å². The fourth-order valence-corrected chi connectivity index (χ4v) is 4.89. The van der Waals surface area contributed by atoms with E-state index >= 15 is 0 Å².